The fourth-order valence-corrected chi connectivity index (χ4v) is 7.38. The number of carbonyl (C=O) groups excluding carboxylic acids is 1. The molecule has 1 aromatic heterocycles. The zero-order valence-electron chi connectivity index (χ0n) is 32.2. The molecule has 1 radical (unpaired) electrons. The van der Waals surface area contributed by atoms with Crippen molar-refractivity contribution in [1.82, 2.24) is 9.97 Å². The van der Waals surface area contributed by atoms with E-state index in [0.29, 0.717) is 5.92 Å². The second kappa shape index (κ2) is 15.9. The third-order valence-electron chi connectivity index (χ3n) is 11.6. The van der Waals surface area contributed by atoms with E-state index in [4.69, 9.17) is 9.97 Å². The van der Waals surface area contributed by atoms with E-state index in [1.54, 1.807) is 6.33 Å². The van der Waals surface area contributed by atoms with Gasteiger partial charge >= 0.3 is 0 Å². The molecule has 0 aliphatic heterocycles. The first-order valence-corrected chi connectivity index (χ1v) is 18.5. The molecule has 4 nitrogen and oxygen atoms in total. The molecule has 4 aromatic carbocycles. The molecule has 5 aromatic rings. The maximum Gasteiger partial charge on any atom is 0.164 e. The second-order valence-electron chi connectivity index (χ2n) is 15.6. The number of nitrogens with zero attached hydrogens (tertiary/aromatic N) is 2. The van der Waals surface area contributed by atoms with Crippen LogP contribution in [-0.2, 0) is 36.7 Å². The number of aliphatic hydroxyl groups is 1. The van der Waals surface area contributed by atoms with Gasteiger partial charge in [-0.15, -0.1) is 29.1 Å². The van der Waals surface area contributed by atoms with Crippen molar-refractivity contribution in [1.29, 1.82) is 0 Å². The first-order chi connectivity index (χ1) is 23.7. The van der Waals surface area contributed by atoms with Crippen LogP contribution in [0.25, 0.3) is 44.1 Å². The molecule has 0 saturated carbocycles. The monoisotopic (exact) mass is 860 g/mol. The first kappa shape index (κ1) is 40.1. The van der Waals surface area contributed by atoms with Crippen LogP contribution in [-0.4, -0.2) is 20.9 Å². The standard InChI is InChI=1S/C31H27N2.C15H28O2.Ir/c1-19(2)15-22-17-23(16-21-10-6-7-11-24(21)22)29-28-30(33-18-32-29)26-14-13-20-9-5-8-12-25(20)27(26)31(28,3)4;1-7-14(5,8-2)12(16)11-13(17)15(6,9-3)10-4;/h5-14,17-19H,15H2,1-4H3;11,16H,7-10H2,1-6H3;/q-1;;/b;12-11-;. The first-order valence-electron chi connectivity index (χ1n) is 18.5. The predicted molar refractivity (Wildman–Crippen MR) is 211 cm³/mol. The third kappa shape index (κ3) is 7.62. The van der Waals surface area contributed by atoms with E-state index < -0.39 is 0 Å². The van der Waals surface area contributed by atoms with Crippen molar-refractivity contribution in [3.8, 4) is 22.5 Å². The van der Waals surface area contributed by atoms with Crippen LogP contribution in [0.4, 0.5) is 0 Å². The van der Waals surface area contributed by atoms with Gasteiger partial charge in [-0.2, -0.15) is 0 Å². The Labute approximate surface area is 319 Å². The Balaban J connectivity index is 0.000000279. The van der Waals surface area contributed by atoms with Crippen LogP contribution in [0.15, 0.2) is 84.9 Å². The number of benzene rings is 4. The van der Waals surface area contributed by atoms with Crippen molar-refractivity contribution in [2.24, 2.45) is 16.7 Å². The van der Waals surface area contributed by atoms with Gasteiger partial charge in [-0.25, -0.2) is 4.98 Å². The minimum Gasteiger partial charge on any atom is -0.512 e. The smallest absolute Gasteiger partial charge is 0.164 e. The summed E-state index contributed by atoms with van der Waals surface area (Å²) < 4.78 is 0. The van der Waals surface area contributed by atoms with Crippen molar-refractivity contribution in [3.63, 3.8) is 0 Å². The summed E-state index contributed by atoms with van der Waals surface area (Å²) in [5.74, 6) is 0.862. The van der Waals surface area contributed by atoms with Crippen molar-refractivity contribution >= 4 is 27.3 Å². The summed E-state index contributed by atoms with van der Waals surface area (Å²) in [4.78, 5) is 21.8. The fourth-order valence-electron chi connectivity index (χ4n) is 7.38. The maximum absolute atomic E-state index is 12.2. The Bertz CT molecular complexity index is 2050. The molecule has 1 aliphatic rings. The topological polar surface area (TPSA) is 63.1 Å². The molecule has 5 heteroatoms. The summed E-state index contributed by atoms with van der Waals surface area (Å²) in [6, 6.07) is 27.7. The van der Waals surface area contributed by atoms with Crippen molar-refractivity contribution in [2.45, 2.75) is 107 Å². The number of aliphatic hydroxyl groups excluding tert-OH is 1. The molecule has 1 aliphatic carbocycles. The molecule has 0 unspecified atom stereocenters. The normalized spacial score (nSPS) is 13.7. The Morgan fingerprint density at radius 2 is 1.41 bits per heavy atom. The number of rotatable bonds is 10. The summed E-state index contributed by atoms with van der Waals surface area (Å²) in [5.41, 5.74) is 7.45. The number of hydrogen-bond acceptors (Lipinski definition) is 4. The second-order valence-corrected chi connectivity index (χ2v) is 15.6. The van der Waals surface area contributed by atoms with Crippen LogP contribution in [0.1, 0.15) is 112 Å². The van der Waals surface area contributed by atoms with Gasteiger partial charge in [-0.05, 0) is 59.9 Å². The van der Waals surface area contributed by atoms with Crippen molar-refractivity contribution < 1.29 is 30.0 Å². The van der Waals surface area contributed by atoms with Gasteiger partial charge in [-0.3, -0.25) is 9.78 Å². The van der Waals surface area contributed by atoms with Crippen LogP contribution in [0, 0.1) is 22.8 Å². The number of fused-ring (bicyclic) bond motifs is 6. The third-order valence-corrected chi connectivity index (χ3v) is 11.6. The molecule has 0 saturated heterocycles. The summed E-state index contributed by atoms with van der Waals surface area (Å²) in [6.45, 7) is 21.3. The van der Waals surface area contributed by atoms with Gasteiger partial charge in [0.05, 0.1) is 5.69 Å². The van der Waals surface area contributed by atoms with Gasteiger partial charge < -0.3 is 5.11 Å². The van der Waals surface area contributed by atoms with Crippen molar-refractivity contribution in [2.75, 3.05) is 0 Å². The van der Waals surface area contributed by atoms with Crippen LogP contribution in [0.3, 0.4) is 0 Å². The number of allylic oxidation sites excluding steroid dienone is 2. The molecule has 0 atom stereocenters. The Kier molecular flexibility index (Phi) is 12.5. The molecular weight excluding hydrogens is 805 g/mol. The predicted octanol–water partition coefficient (Wildman–Crippen LogP) is 12.4. The minimum atomic E-state index is -0.337. The molecule has 0 amide bonds. The molecule has 271 valence electrons. The molecule has 1 N–H and O–H groups in total. The van der Waals surface area contributed by atoms with Crippen LogP contribution >= 0.6 is 0 Å². The number of hydrogen-bond donors (Lipinski definition) is 1. The Hall–Kier alpha value is -3.66. The molecule has 1 heterocycles. The Morgan fingerprint density at radius 1 is 0.824 bits per heavy atom. The molecule has 0 spiro atoms. The van der Waals surface area contributed by atoms with Crippen LogP contribution in [0.5, 0.6) is 0 Å². The number of aromatic nitrogens is 2. The molecule has 0 fully saturated rings. The summed E-state index contributed by atoms with van der Waals surface area (Å²) in [7, 11) is 0. The summed E-state index contributed by atoms with van der Waals surface area (Å²) >= 11 is 0. The van der Waals surface area contributed by atoms with Gasteiger partial charge in [0.2, 0.25) is 0 Å². The number of ketones is 1. The zero-order valence-corrected chi connectivity index (χ0v) is 34.6. The van der Waals surface area contributed by atoms with E-state index in [-0.39, 0.29) is 47.9 Å². The summed E-state index contributed by atoms with van der Waals surface area (Å²) in [6.07, 6.45) is 7.51. The Morgan fingerprint density at radius 3 is 2.04 bits per heavy atom. The van der Waals surface area contributed by atoms with Gasteiger partial charge in [0.25, 0.3) is 0 Å². The van der Waals surface area contributed by atoms with Crippen LogP contribution < -0.4 is 0 Å². The quantitative estimate of drug-likeness (QED) is 0.0863. The molecule has 51 heavy (non-hydrogen) atoms. The minimum absolute atomic E-state index is 0. The van der Waals surface area contributed by atoms with E-state index in [1.807, 2.05) is 41.5 Å². The van der Waals surface area contributed by atoms with Gasteiger partial charge in [0.1, 0.15) is 12.1 Å². The molecule has 6 rings (SSSR count). The van der Waals surface area contributed by atoms with Gasteiger partial charge in [0.15, 0.2) is 5.78 Å². The van der Waals surface area contributed by atoms with Gasteiger partial charge in [-0.1, -0.05) is 135 Å². The van der Waals surface area contributed by atoms with E-state index in [9.17, 15) is 9.90 Å². The number of carbonyl (C=O) groups is 1. The maximum atomic E-state index is 12.2. The van der Waals surface area contributed by atoms with Crippen LogP contribution in [0.2, 0.25) is 0 Å². The molecular formula is C46H55IrN2O2-. The van der Waals surface area contributed by atoms with Crippen molar-refractivity contribution in [3.05, 3.63) is 108 Å². The average Bonchev–Trinajstić information content (AvgIpc) is 3.37. The fraction of sp³-hybridized carbons (Fsp3) is 0.413. The average molecular weight is 860 g/mol. The zero-order chi connectivity index (χ0) is 36.4. The van der Waals surface area contributed by atoms with E-state index in [2.05, 4.69) is 100 Å². The van der Waals surface area contributed by atoms with E-state index >= 15 is 0 Å². The molecule has 0 bridgehead atoms. The van der Waals surface area contributed by atoms with E-state index in [1.165, 1.54) is 44.5 Å². The summed E-state index contributed by atoms with van der Waals surface area (Å²) in [5, 5.41) is 15.1. The van der Waals surface area contributed by atoms with Gasteiger partial charge in [0, 0.05) is 53.7 Å². The van der Waals surface area contributed by atoms with E-state index in [0.717, 1.165) is 54.4 Å². The largest absolute Gasteiger partial charge is 0.512 e. The SMILES string of the molecule is CC(C)Cc1cc(-c2ncnc3c2C(C)(C)c2c-3ccc3ccccc23)[c-]c2ccccc12.CCC(C)(CC)C(=O)/C=C(\O)C(C)(CC)CC.[Ir].